The van der Waals surface area contributed by atoms with Crippen LogP contribution < -0.4 is 5.73 Å². The Labute approximate surface area is 99.4 Å². The van der Waals surface area contributed by atoms with Crippen LogP contribution in [0.5, 0.6) is 0 Å². The van der Waals surface area contributed by atoms with E-state index >= 15 is 0 Å². The molecule has 1 heterocycles. The van der Waals surface area contributed by atoms with Gasteiger partial charge in [0.15, 0.2) is 5.16 Å². The maximum atomic E-state index is 9.20. The highest BCUT2D eigenvalue weighted by molar-refractivity contribution is 7.99. The van der Waals surface area contributed by atoms with E-state index in [0.717, 1.165) is 30.2 Å². The van der Waals surface area contributed by atoms with E-state index in [1.165, 1.54) is 0 Å². The SMILES string of the molecule is Cc1nnc(SC2CCC(N)(CO)C2)n1C. The monoisotopic (exact) mass is 242 g/mol. The second-order valence-corrected chi connectivity index (χ2v) is 5.86. The van der Waals surface area contributed by atoms with Gasteiger partial charge in [-0.3, -0.25) is 0 Å². The number of aliphatic hydroxyl groups excluding tert-OH is 1. The Balaban J connectivity index is 2.00. The topological polar surface area (TPSA) is 77.0 Å². The fraction of sp³-hybridized carbons (Fsp3) is 0.800. The van der Waals surface area contributed by atoms with Crippen LogP contribution in [0.25, 0.3) is 0 Å². The third-order valence-corrected chi connectivity index (χ3v) is 4.54. The summed E-state index contributed by atoms with van der Waals surface area (Å²) in [5.41, 5.74) is 5.66. The molecule has 1 fully saturated rings. The van der Waals surface area contributed by atoms with Crippen LogP contribution in [0, 0.1) is 6.92 Å². The minimum Gasteiger partial charge on any atom is -0.394 e. The van der Waals surface area contributed by atoms with Crippen molar-refractivity contribution in [3.05, 3.63) is 5.82 Å². The van der Waals surface area contributed by atoms with Crippen molar-refractivity contribution < 1.29 is 5.11 Å². The summed E-state index contributed by atoms with van der Waals surface area (Å²) in [5.74, 6) is 0.918. The van der Waals surface area contributed by atoms with Gasteiger partial charge in [0.25, 0.3) is 0 Å². The summed E-state index contributed by atoms with van der Waals surface area (Å²) in [6.45, 7) is 2.01. The summed E-state index contributed by atoms with van der Waals surface area (Å²) >= 11 is 1.71. The molecule has 1 saturated carbocycles. The van der Waals surface area contributed by atoms with Gasteiger partial charge < -0.3 is 15.4 Å². The summed E-state index contributed by atoms with van der Waals surface area (Å²) in [5, 5.41) is 18.7. The molecule has 0 aromatic carbocycles. The molecule has 0 bridgehead atoms. The maximum absolute atomic E-state index is 9.20. The smallest absolute Gasteiger partial charge is 0.191 e. The number of aromatic nitrogens is 3. The van der Waals surface area contributed by atoms with Crippen molar-refractivity contribution in [1.82, 2.24) is 14.8 Å². The van der Waals surface area contributed by atoms with Crippen molar-refractivity contribution in [1.29, 1.82) is 0 Å². The van der Waals surface area contributed by atoms with Crippen LogP contribution in [0.15, 0.2) is 5.16 Å². The normalized spacial score (nSPS) is 29.9. The molecule has 1 aromatic rings. The first kappa shape index (κ1) is 11.9. The van der Waals surface area contributed by atoms with E-state index in [1.807, 2.05) is 18.5 Å². The van der Waals surface area contributed by atoms with Crippen LogP contribution in [-0.4, -0.2) is 37.3 Å². The van der Waals surface area contributed by atoms with Crippen molar-refractivity contribution in [3.8, 4) is 0 Å². The lowest BCUT2D eigenvalue weighted by Gasteiger charge is -2.20. The first-order chi connectivity index (χ1) is 7.54. The van der Waals surface area contributed by atoms with Crippen molar-refractivity contribution >= 4 is 11.8 Å². The number of nitrogens with two attached hydrogens (primary N) is 1. The third kappa shape index (κ3) is 2.23. The molecule has 16 heavy (non-hydrogen) atoms. The standard InChI is InChI=1S/C10H18N4OS/c1-7-12-13-9(14(7)2)16-8-3-4-10(11,5-8)6-15/h8,15H,3-6,11H2,1-2H3. The van der Waals surface area contributed by atoms with Crippen LogP contribution in [0.4, 0.5) is 0 Å². The second-order valence-electron chi connectivity index (χ2n) is 4.59. The Hall–Kier alpha value is -0.590. The van der Waals surface area contributed by atoms with Gasteiger partial charge in [-0.2, -0.15) is 0 Å². The number of hydrogen-bond acceptors (Lipinski definition) is 5. The zero-order valence-electron chi connectivity index (χ0n) is 9.68. The highest BCUT2D eigenvalue weighted by atomic mass is 32.2. The molecule has 5 nitrogen and oxygen atoms in total. The van der Waals surface area contributed by atoms with E-state index in [4.69, 9.17) is 5.73 Å². The molecule has 0 amide bonds. The summed E-state index contributed by atoms with van der Waals surface area (Å²) in [6.07, 6.45) is 2.77. The third-order valence-electron chi connectivity index (χ3n) is 3.24. The number of aryl methyl sites for hydroxylation is 1. The number of thioether (sulfide) groups is 1. The van der Waals surface area contributed by atoms with Crippen LogP contribution in [0.2, 0.25) is 0 Å². The fourth-order valence-electron chi connectivity index (χ4n) is 1.99. The maximum Gasteiger partial charge on any atom is 0.191 e. The molecule has 0 saturated heterocycles. The molecule has 2 unspecified atom stereocenters. The Morgan fingerprint density at radius 1 is 1.62 bits per heavy atom. The molecule has 1 aliphatic rings. The predicted molar refractivity (Wildman–Crippen MR) is 63.2 cm³/mol. The summed E-state index contributed by atoms with van der Waals surface area (Å²) < 4.78 is 1.99. The van der Waals surface area contributed by atoms with Gasteiger partial charge in [-0.1, -0.05) is 11.8 Å². The zero-order chi connectivity index (χ0) is 11.8. The minimum absolute atomic E-state index is 0.0713. The van der Waals surface area contributed by atoms with Crippen molar-refractivity contribution in [2.75, 3.05) is 6.61 Å². The largest absolute Gasteiger partial charge is 0.394 e. The molecular formula is C10H18N4OS. The van der Waals surface area contributed by atoms with Gasteiger partial charge in [-0.25, -0.2) is 0 Å². The molecule has 3 N–H and O–H groups in total. The highest BCUT2D eigenvalue weighted by Crippen LogP contribution is 2.38. The zero-order valence-corrected chi connectivity index (χ0v) is 10.5. The van der Waals surface area contributed by atoms with Gasteiger partial charge >= 0.3 is 0 Å². The van der Waals surface area contributed by atoms with E-state index < -0.39 is 0 Å². The van der Waals surface area contributed by atoms with Gasteiger partial charge in [0.05, 0.1) is 6.61 Å². The first-order valence-electron chi connectivity index (χ1n) is 5.46. The first-order valence-corrected chi connectivity index (χ1v) is 6.34. The van der Waals surface area contributed by atoms with E-state index in [1.54, 1.807) is 11.8 Å². The van der Waals surface area contributed by atoms with Crippen LogP contribution >= 0.6 is 11.8 Å². The summed E-state index contributed by atoms with van der Waals surface area (Å²) in [6, 6.07) is 0. The quantitative estimate of drug-likeness (QED) is 0.805. The molecule has 1 aliphatic carbocycles. The molecule has 0 radical (unpaired) electrons. The average molecular weight is 242 g/mol. The molecule has 90 valence electrons. The Morgan fingerprint density at radius 2 is 2.38 bits per heavy atom. The Morgan fingerprint density at radius 3 is 2.88 bits per heavy atom. The molecule has 6 heteroatoms. The number of aliphatic hydroxyl groups is 1. The number of nitrogens with zero attached hydrogens (tertiary/aromatic N) is 3. The fourth-order valence-corrected chi connectivity index (χ4v) is 3.32. The van der Waals surface area contributed by atoms with Crippen molar-refractivity contribution in [2.45, 2.75) is 42.1 Å². The van der Waals surface area contributed by atoms with E-state index in [9.17, 15) is 5.11 Å². The van der Waals surface area contributed by atoms with E-state index in [-0.39, 0.29) is 12.1 Å². The molecule has 0 spiro atoms. The molecule has 2 atom stereocenters. The van der Waals surface area contributed by atoms with Crippen LogP contribution in [-0.2, 0) is 7.05 Å². The lowest BCUT2D eigenvalue weighted by Crippen LogP contribution is -2.40. The van der Waals surface area contributed by atoms with Crippen molar-refractivity contribution in [2.24, 2.45) is 12.8 Å². The summed E-state index contributed by atoms with van der Waals surface area (Å²) in [7, 11) is 1.97. The van der Waals surface area contributed by atoms with E-state index in [0.29, 0.717) is 5.25 Å². The molecule has 2 rings (SSSR count). The molecular weight excluding hydrogens is 224 g/mol. The summed E-state index contributed by atoms with van der Waals surface area (Å²) in [4.78, 5) is 0. The lowest BCUT2D eigenvalue weighted by molar-refractivity contribution is 0.200. The second kappa shape index (κ2) is 4.35. The minimum atomic E-state index is -0.384. The Bertz CT molecular complexity index is 381. The van der Waals surface area contributed by atoms with Gasteiger partial charge in [-0.05, 0) is 26.2 Å². The van der Waals surface area contributed by atoms with E-state index in [2.05, 4.69) is 10.2 Å². The lowest BCUT2D eigenvalue weighted by atomic mass is 10.0. The molecule has 0 aliphatic heterocycles. The highest BCUT2D eigenvalue weighted by Gasteiger charge is 2.36. The van der Waals surface area contributed by atoms with Gasteiger partial charge in [0.2, 0.25) is 0 Å². The van der Waals surface area contributed by atoms with Gasteiger partial charge in [-0.15, -0.1) is 10.2 Å². The molecule has 1 aromatic heterocycles. The number of rotatable bonds is 3. The van der Waals surface area contributed by atoms with Gasteiger partial charge in [0, 0.05) is 17.8 Å². The van der Waals surface area contributed by atoms with Crippen LogP contribution in [0.3, 0.4) is 0 Å². The average Bonchev–Trinajstić information content (AvgIpc) is 2.78. The number of hydrogen-bond donors (Lipinski definition) is 2. The predicted octanol–water partition coefficient (Wildman–Crippen LogP) is 0.458. The van der Waals surface area contributed by atoms with Crippen LogP contribution in [0.1, 0.15) is 25.1 Å². The Kier molecular flexibility index (Phi) is 3.23. The van der Waals surface area contributed by atoms with Crippen molar-refractivity contribution in [3.63, 3.8) is 0 Å². The van der Waals surface area contributed by atoms with Gasteiger partial charge in [0.1, 0.15) is 5.82 Å².